The zero-order valence-electron chi connectivity index (χ0n) is 14.9. The molecule has 2 amide bonds. The summed E-state index contributed by atoms with van der Waals surface area (Å²) < 4.78 is 33.1. The predicted octanol–water partition coefficient (Wildman–Crippen LogP) is 1.91. The van der Waals surface area contributed by atoms with E-state index in [4.69, 9.17) is 4.74 Å². The van der Waals surface area contributed by atoms with E-state index >= 15 is 0 Å². The lowest BCUT2D eigenvalue weighted by atomic mass is 10.1. The first kappa shape index (κ1) is 20.9. The number of hydrogen-bond acceptors (Lipinski definition) is 6. The van der Waals surface area contributed by atoms with E-state index in [2.05, 4.69) is 26.8 Å². The van der Waals surface area contributed by atoms with E-state index < -0.39 is 21.8 Å². The molecule has 0 radical (unpaired) electrons. The summed E-state index contributed by atoms with van der Waals surface area (Å²) in [5.74, 6) is -1.07. The zero-order valence-corrected chi connectivity index (χ0v) is 18.1. The Balaban J connectivity index is 1.75. The van der Waals surface area contributed by atoms with Gasteiger partial charge in [0.2, 0.25) is 10.0 Å². The van der Waals surface area contributed by atoms with Crippen molar-refractivity contribution in [2.75, 3.05) is 26.3 Å². The van der Waals surface area contributed by atoms with E-state index in [0.29, 0.717) is 23.7 Å². The minimum atomic E-state index is -3.74. The molecule has 0 atom stereocenters. The van der Waals surface area contributed by atoms with Crippen LogP contribution in [0, 0.1) is 6.92 Å². The fourth-order valence-corrected chi connectivity index (χ4v) is 5.57. The lowest BCUT2D eigenvalue weighted by molar-refractivity contribution is 0.0730. The molecule has 2 heterocycles. The van der Waals surface area contributed by atoms with Crippen LogP contribution >= 0.6 is 27.3 Å². The van der Waals surface area contributed by atoms with Crippen LogP contribution in [-0.4, -0.2) is 50.8 Å². The first-order chi connectivity index (χ1) is 13.3. The lowest BCUT2D eigenvalue weighted by Crippen LogP contribution is -2.42. The maximum atomic E-state index is 12.9. The summed E-state index contributed by atoms with van der Waals surface area (Å²) in [7, 11) is -3.74. The summed E-state index contributed by atoms with van der Waals surface area (Å²) in [6.45, 7) is 2.88. The number of hydrazine groups is 1. The van der Waals surface area contributed by atoms with Gasteiger partial charge < -0.3 is 4.74 Å². The number of nitrogens with zero attached hydrogens (tertiary/aromatic N) is 1. The molecule has 0 saturated carbocycles. The van der Waals surface area contributed by atoms with Gasteiger partial charge in [-0.15, -0.1) is 11.3 Å². The molecule has 0 spiro atoms. The largest absolute Gasteiger partial charge is 0.379 e. The fraction of sp³-hybridized carbons (Fsp3) is 0.294. The highest BCUT2D eigenvalue weighted by atomic mass is 79.9. The molecule has 3 rings (SSSR count). The van der Waals surface area contributed by atoms with Crippen molar-refractivity contribution in [3.05, 3.63) is 50.1 Å². The summed E-state index contributed by atoms with van der Waals surface area (Å²) >= 11 is 4.49. The standard InChI is InChI=1S/C17H18BrN3O5S2/c1-11-2-3-12(10-14(11)28(24,25)21-6-8-26-9-7-21)16(22)19-20-17(23)13-4-5-15(18)27-13/h2-5,10H,6-9H2,1H3,(H,19,22)(H,20,23). The molecule has 11 heteroatoms. The Labute approximate surface area is 175 Å². The van der Waals surface area contributed by atoms with E-state index in [1.54, 1.807) is 25.1 Å². The second-order valence-corrected chi connectivity index (χ2v) is 10.4. The van der Waals surface area contributed by atoms with Crippen LogP contribution in [0.3, 0.4) is 0 Å². The fourth-order valence-electron chi connectivity index (χ4n) is 2.63. The summed E-state index contributed by atoms with van der Waals surface area (Å²) in [4.78, 5) is 24.9. The average Bonchev–Trinajstić information content (AvgIpc) is 3.13. The first-order valence-electron chi connectivity index (χ1n) is 8.33. The number of ether oxygens (including phenoxy) is 1. The van der Waals surface area contributed by atoms with Gasteiger partial charge in [-0.2, -0.15) is 4.31 Å². The molecule has 1 fully saturated rings. The van der Waals surface area contributed by atoms with E-state index in [1.165, 1.54) is 27.8 Å². The predicted molar refractivity (Wildman–Crippen MR) is 108 cm³/mol. The van der Waals surface area contributed by atoms with Crippen LogP contribution in [0.5, 0.6) is 0 Å². The molecule has 1 aromatic carbocycles. The molecule has 0 unspecified atom stereocenters. The number of amides is 2. The first-order valence-corrected chi connectivity index (χ1v) is 11.4. The SMILES string of the molecule is Cc1ccc(C(=O)NNC(=O)c2ccc(Br)s2)cc1S(=O)(=O)N1CCOCC1. The molecule has 150 valence electrons. The molecule has 1 aliphatic rings. The van der Waals surface area contributed by atoms with Crippen molar-refractivity contribution in [2.24, 2.45) is 0 Å². The number of halogens is 1. The normalized spacial score (nSPS) is 15.2. The summed E-state index contributed by atoms with van der Waals surface area (Å²) in [6.07, 6.45) is 0. The molecular formula is C17H18BrN3O5S2. The van der Waals surface area contributed by atoms with Crippen LogP contribution in [-0.2, 0) is 14.8 Å². The van der Waals surface area contributed by atoms with Gasteiger partial charge in [0.05, 0.1) is 26.8 Å². The minimum Gasteiger partial charge on any atom is -0.379 e. The van der Waals surface area contributed by atoms with E-state index in [1.807, 2.05) is 0 Å². The number of carbonyl (C=O) groups excluding carboxylic acids is 2. The van der Waals surface area contributed by atoms with Crippen molar-refractivity contribution in [1.29, 1.82) is 0 Å². The van der Waals surface area contributed by atoms with Crippen molar-refractivity contribution < 1.29 is 22.7 Å². The monoisotopic (exact) mass is 487 g/mol. The number of aryl methyl sites for hydroxylation is 1. The van der Waals surface area contributed by atoms with Gasteiger partial charge in [-0.1, -0.05) is 6.07 Å². The number of hydrogen-bond donors (Lipinski definition) is 2. The van der Waals surface area contributed by atoms with Gasteiger partial charge in [0.25, 0.3) is 11.8 Å². The van der Waals surface area contributed by atoms with Gasteiger partial charge in [0.1, 0.15) is 0 Å². The highest BCUT2D eigenvalue weighted by Crippen LogP contribution is 2.23. The highest BCUT2D eigenvalue weighted by Gasteiger charge is 2.28. The van der Waals surface area contributed by atoms with Crippen molar-refractivity contribution in [2.45, 2.75) is 11.8 Å². The Morgan fingerprint density at radius 1 is 1.11 bits per heavy atom. The third-order valence-electron chi connectivity index (χ3n) is 4.12. The number of rotatable bonds is 4. The molecule has 1 aliphatic heterocycles. The van der Waals surface area contributed by atoms with Crippen LogP contribution in [0.4, 0.5) is 0 Å². The Bertz CT molecular complexity index is 1000. The molecule has 0 bridgehead atoms. The van der Waals surface area contributed by atoms with E-state index in [-0.39, 0.29) is 23.5 Å². The summed E-state index contributed by atoms with van der Waals surface area (Å²) in [6, 6.07) is 7.75. The van der Waals surface area contributed by atoms with Crippen LogP contribution < -0.4 is 10.9 Å². The number of morpholine rings is 1. The molecular weight excluding hydrogens is 470 g/mol. The summed E-state index contributed by atoms with van der Waals surface area (Å²) in [5.41, 5.74) is 5.30. The Morgan fingerprint density at radius 3 is 2.43 bits per heavy atom. The second kappa shape index (κ2) is 8.70. The zero-order chi connectivity index (χ0) is 20.3. The molecule has 2 N–H and O–H groups in total. The van der Waals surface area contributed by atoms with E-state index in [0.717, 1.165) is 3.79 Å². The summed E-state index contributed by atoms with van der Waals surface area (Å²) in [5, 5.41) is 0. The average molecular weight is 488 g/mol. The smallest absolute Gasteiger partial charge is 0.279 e. The number of thiophene rings is 1. The minimum absolute atomic E-state index is 0.0653. The van der Waals surface area contributed by atoms with Crippen LogP contribution in [0.25, 0.3) is 0 Å². The molecule has 1 saturated heterocycles. The maximum Gasteiger partial charge on any atom is 0.279 e. The number of sulfonamides is 1. The highest BCUT2D eigenvalue weighted by molar-refractivity contribution is 9.11. The maximum absolute atomic E-state index is 12.9. The Morgan fingerprint density at radius 2 is 1.79 bits per heavy atom. The van der Waals surface area contributed by atoms with Crippen molar-refractivity contribution in [3.63, 3.8) is 0 Å². The van der Waals surface area contributed by atoms with Crippen molar-refractivity contribution in [1.82, 2.24) is 15.2 Å². The Hall–Kier alpha value is -1.79. The third kappa shape index (κ3) is 4.61. The van der Waals surface area contributed by atoms with Gasteiger partial charge in [-0.3, -0.25) is 20.4 Å². The van der Waals surface area contributed by atoms with Crippen molar-refractivity contribution >= 4 is 49.1 Å². The quantitative estimate of drug-likeness (QED) is 0.640. The number of carbonyl (C=O) groups is 2. The van der Waals surface area contributed by atoms with Gasteiger partial charge in [0, 0.05) is 18.7 Å². The number of benzene rings is 1. The molecule has 0 aliphatic carbocycles. The second-order valence-electron chi connectivity index (χ2n) is 6.01. The topological polar surface area (TPSA) is 105 Å². The van der Waals surface area contributed by atoms with Crippen LogP contribution in [0.15, 0.2) is 39.0 Å². The number of nitrogens with one attached hydrogen (secondary N) is 2. The molecule has 1 aromatic heterocycles. The molecule has 2 aromatic rings. The van der Waals surface area contributed by atoms with Crippen LogP contribution in [0.2, 0.25) is 0 Å². The third-order valence-corrected chi connectivity index (χ3v) is 7.79. The van der Waals surface area contributed by atoms with Gasteiger partial charge in [-0.05, 0) is 52.7 Å². The van der Waals surface area contributed by atoms with Gasteiger partial charge in [0.15, 0.2) is 0 Å². The van der Waals surface area contributed by atoms with E-state index in [9.17, 15) is 18.0 Å². The Kier molecular flexibility index (Phi) is 6.50. The van der Waals surface area contributed by atoms with Gasteiger partial charge in [-0.25, -0.2) is 8.42 Å². The van der Waals surface area contributed by atoms with Gasteiger partial charge >= 0.3 is 0 Å². The lowest BCUT2D eigenvalue weighted by Gasteiger charge is -2.26. The van der Waals surface area contributed by atoms with Crippen molar-refractivity contribution in [3.8, 4) is 0 Å². The molecule has 8 nitrogen and oxygen atoms in total. The molecule has 28 heavy (non-hydrogen) atoms. The van der Waals surface area contributed by atoms with Crippen LogP contribution in [0.1, 0.15) is 25.6 Å².